The fourth-order valence-corrected chi connectivity index (χ4v) is 4.56. The lowest BCUT2D eigenvalue weighted by atomic mass is 9.67. The Labute approximate surface area is 132 Å². The number of hydrogen-bond donors (Lipinski definition) is 1. The Kier molecular flexibility index (Phi) is 6.14. The second kappa shape index (κ2) is 7.46. The van der Waals surface area contributed by atoms with Crippen LogP contribution in [0.15, 0.2) is 0 Å². The fourth-order valence-electron chi connectivity index (χ4n) is 4.56. The smallest absolute Gasteiger partial charge is 0.0695 e. The zero-order chi connectivity index (χ0) is 15.5. The quantitative estimate of drug-likeness (QED) is 0.819. The summed E-state index contributed by atoms with van der Waals surface area (Å²) in [5.74, 6) is 0.775. The van der Waals surface area contributed by atoms with Gasteiger partial charge in [0, 0.05) is 12.1 Å². The van der Waals surface area contributed by atoms with E-state index in [-0.39, 0.29) is 6.10 Å². The number of aliphatic hydroxyl groups is 1. The molecule has 124 valence electrons. The van der Waals surface area contributed by atoms with Gasteiger partial charge in [0.25, 0.3) is 0 Å². The second-order valence-electron chi connectivity index (χ2n) is 8.14. The van der Waals surface area contributed by atoms with E-state index in [1.54, 1.807) is 0 Å². The van der Waals surface area contributed by atoms with E-state index in [9.17, 15) is 5.11 Å². The molecular formula is C19H37NO. The van der Waals surface area contributed by atoms with Gasteiger partial charge < -0.3 is 5.11 Å². The van der Waals surface area contributed by atoms with Crippen molar-refractivity contribution in [2.24, 2.45) is 11.3 Å². The molecular weight excluding hydrogens is 258 g/mol. The molecule has 2 aliphatic rings. The average Bonchev–Trinajstić information content (AvgIpc) is 2.72. The Morgan fingerprint density at radius 2 is 1.81 bits per heavy atom. The summed E-state index contributed by atoms with van der Waals surface area (Å²) in [7, 11) is 0. The summed E-state index contributed by atoms with van der Waals surface area (Å²) in [6.45, 7) is 10.7. The van der Waals surface area contributed by atoms with Crippen molar-refractivity contribution in [1.29, 1.82) is 0 Å². The monoisotopic (exact) mass is 295 g/mol. The molecule has 1 heterocycles. The van der Waals surface area contributed by atoms with Crippen molar-refractivity contribution in [2.75, 3.05) is 6.54 Å². The largest absolute Gasteiger partial charge is 0.391 e. The number of rotatable bonds is 4. The third-order valence-corrected chi connectivity index (χ3v) is 6.62. The van der Waals surface area contributed by atoms with Crippen molar-refractivity contribution in [2.45, 2.75) is 104 Å². The van der Waals surface area contributed by atoms with Crippen LogP contribution < -0.4 is 0 Å². The summed E-state index contributed by atoms with van der Waals surface area (Å²) in [5, 5.41) is 10.6. The highest BCUT2D eigenvalue weighted by atomic mass is 16.3. The first kappa shape index (κ1) is 17.3. The summed E-state index contributed by atoms with van der Waals surface area (Å²) in [4.78, 5) is 2.70. The van der Waals surface area contributed by atoms with E-state index in [0.717, 1.165) is 12.3 Å². The average molecular weight is 296 g/mol. The normalized spacial score (nSPS) is 36.4. The summed E-state index contributed by atoms with van der Waals surface area (Å²) < 4.78 is 0. The van der Waals surface area contributed by atoms with Gasteiger partial charge in [0.1, 0.15) is 0 Å². The van der Waals surface area contributed by atoms with Crippen LogP contribution in [0.25, 0.3) is 0 Å². The van der Waals surface area contributed by atoms with Crippen LogP contribution in [0.3, 0.4) is 0 Å². The highest BCUT2D eigenvalue weighted by Gasteiger charge is 2.40. The molecule has 0 aromatic carbocycles. The lowest BCUT2D eigenvalue weighted by molar-refractivity contribution is -0.0364. The predicted octanol–water partition coefficient (Wildman–Crippen LogP) is 4.61. The maximum Gasteiger partial charge on any atom is 0.0695 e. The van der Waals surface area contributed by atoms with Gasteiger partial charge >= 0.3 is 0 Å². The molecule has 0 aromatic heterocycles. The Morgan fingerprint density at radius 1 is 1.05 bits per heavy atom. The molecule has 0 amide bonds. The van der Waals surface area contributed by atoms with Crippen LogP contribution in [0, 0.1) is 11.3 Å². The van der Waals surface area contributed by atoms with E-state index in [1.807, 2.05) is 0 Å². The van der Waals surface area contributed by atoms with Crippen molar-refractivity contribution in [1.82, 2.24) is 4.90 Å². The zero-order valence-electron chi connectivity index (χ0n) is 14.8. The molecule has 4 atom stereocenters. The fraction of sp³-hybridized carbons (Fsp3) is 1.00. The van der Waals surface area contributed by atoms with Crippen LogP contribution in [0.2, 0.25) is 0 Å². The minimum atomic E-state index is -0.0962. The summed E-state index contributed by atoms with van der Waals surface area (Å²) in [5.41, 5.74) is 0.423. The molecule has 0 spiro atoms. The summed E-state index contributed by atoms with van der Waals surface area (Å²) in [6, 6.07) is 1.12. The maximum absolute atomic E-state index is 10.6. The Bertz CT molecular complexity index is 315. The summed E-state index contributed by atoms with van der Waals surface area (Å²) in [6.07, 6.45) is 11.2. The molecule has 1 saturated carbocycles. The standard InChI is InChI=1S/C19H37NO/c1-5-16-10-8-7-9-13-20(16)17-14-15(11-12-18(17)21)19(3,4)6-2/h15-18,21H,5-14H2,1-4H3. The van der Waals surface area contributed by atoms with Crippen LogP contribution in [0.1, 0.15) is 85.5 Å². The van der Waals surface area contributed by atoms with Gasteiger partial charge in [-0.15, -0.1) is 0 Å². The third-order valence-electron chi connectivity index (χ3n) is 6.62. The van der Waals surface area contributed by atoms with Gasteiger partial charge in [-0.05, 0) is 56.4 Å². The van der Waals surface area contributed by atoms with Gasteiger partial charge in [-0.3, -0.25) is 4.90 Å². The van der Waals surface area contributed by atoms with Crippen molar-refractivity contribution in [3.63, 3.8) is 0 Å². The van der Waals surface area contributed by atoms with Crippen LogP contribution in [-0.2, 0) is 0 Å². The molecule has 0 radical (unpaired) electrons. The molecule has 4 unspecified atom stereocenters. The second-order valence-corrected chi connectivity index (χ2v) is 8.14. The van der Waals surface area contributed by atoms with Crippen molar-refractivity contribution >= 4 is 0 Å². The van der Waals surface area contributed by atoms with Crippen molar-refractivity contribution in [3.8, 4) is 0 Å². The van der Waals surface area contributed by atoms with Crippen LogP contribution in [0.4, 0.5) is 0 Å². The van der Waals surface area contributed by atoms with Crippen LogP contribution in [-0.4, -0.2) is 34.7 Å². The van der Waals surface area contributed by atoms with Gasteiger partial charge in [0.2, 0.25) is 0 Å². The van der Waals surface area contributed by atoms with E-state index < -0.39 is 0 Å². The number of nitrogens with zero attached hydrogens (tertiary/aromatic N) is 1. The van der Waals surface area contributed by atoms with E-state index in [4.69, 9.17) is 0 Å². The molecule has 1 aliphatic carbocycles. The molecule has 2 nitrogen and oxygen atoms in total. The topological polar surface area (TPSA) is 23.5 Å². The molecule has 21 heavy (non-hydrogen) atoms. The van der Waals surface area contributed by atoms with E-state index in [1.165, 1.54) is 57.9 Å². The van der Waals surface area contributed by atoms with E-state index >= 15 is 0 Å². The SMILES string of the molecule is CCC1CCCCCN1C1CC(C(C)(C)CC)CCC1O. The number of hydrogen-bond acceptors (Lipinski definition) is 2. The molecule has 0 aromatic rings. The zero-order valence-corrected chi connectivity index (χ0v) is 14.8. The highest BCUT2D eigenvalue weighted by Crippen LogP contribution is 2.42. The van der Waals surface area contributed by atoms with Crippen LogP contribution >= 0.6 is 0 Å². The van der Waals surface area contributed by atoms with Crippen molar-refractivity contribution < 1.29 is 5.11 Å². The van der Waals surface area contributed by atoms with Crippen molar-refractivity contribution in [3.05, 3.63) is 0 Å². The van der Waals surface area contributed by atoms with Gasteiger partial charge in [0.15, 0.2) is 0 Å². The Balaban J connectivity index is 2.11. The van der Waals surface area contributed by atoms with Crippen LogP contribution in [0.5, 0.6) is 0 Å². The van der Waals surface area contributed by atoms with E-state index in [0.29, 0.717) is 17.5 Å². The minimum Gasteiger partial charge on any atom is -0.391 e. The molecule has 1 N–H and O–H groups in total. The van der Waals surface area contributed by atoms with Gasteiger partial charge in [-0.25, -0.2) is 0 Å². The Morgan fingerprint density at radius 3 is 2.48 bits per heavy atom. The maximum atomic E-state index is 10.6. The first-order valence-electron chi connectivity index (χ1n) is 9.43. The highest BCUT2D eigenvalue weighted by molar-refractivity contribution is 4.94. The Hall–Kier alpha value is -0.0800. The van der Waals surface area contributed by atoms with Gasteiger partial charge in [-0.1, -0.05) is 47.0 Å². The molecule has 1 aliphatic heterocycles. The lowest BCUT2D eigenvalue weighted by Crippen LogP contribution is -2.52. The molecule has 1 saturated heterocycles. The lowest BCUT2D eigenvalue weighted by Gasteiger charge is -2.47. The summed E-state index contributed by atoms with van der Waals surface area (Å²) >= 11 is 0. The predicted molar refractivity (Wildman–Crippen MR) is 90.5 cm³/mol. The number of likely N-dealkylation sites (tertiary alicyclic amines) is 1. The minimum absolute atomic E-state index is 0.0962. The molecule has 2 fully saturated rings. The number of aliphatic hydroxyl groups excluding tert-OH is 1. The molecule has 0 bridgehead atoms. The van der Waals surface area contributed by atoms with Gasteiger partial charge in [0.05, 0.1) is 6.10 Å². The first-order chi connectivity index (χ1) is 9.99. The molecule has 2 rings (SSSR count). The molecule has 2 heteroatoms. The third kappa shape index (κ3) is 4.01. The van der Waals surface area contributed by atoms with E-state index in [2.05, 4.69) is 32.6 Å². The van der Waals surface area contributed by atoms with Gasteiger partial charge in [-0.2, -0.15) is 0 Å². The first-order valence-corrected chi connectivity index (χ1v) is 9.43.